The zero-order chi connectivity index (χ0) is 14.5. The highest BCUT2D eigenvalue weighted by molar-refractivity contribution is 5.60. The van der Waals surface area contributed by atoms with Gasteiger partial charge in [0.2, 0.25) is 5.95 Å². The van der Waals surface area contributed by atoms with E-state index in [0.29, 0.717) is 5.95 Å². The van der Waals surface area contributed by atoms with E-state index < -0.39 is 5.82 Å². The summed E-state index contributed by atoms with van der Waals surface area (Å²) in [6, 6.07) is 7.86. The molecule has 1 heterocycles. The molecule has 106 valence electrons. The summed E-state index contributed by atoms with van der Waals surface area (Å²) in [6.07, 6.45) is 2.16. The minimum absolute atomic E-state index is 0.266. The first kappa shape index (κ1) is 14.2. The molecule has 0 saturated carbocycles. The number of aryl methyl sites for hydroxylation is 1. The largest absolute Gasteiger partial charge is 0.354 e. The molecule has 5 heteroatoms. The highest BCUT2D eigenvalue weighted by Gasteiger charge is 2.13. The van der Waals surface area contributed by atoms with Gasteiger partial charge in [-0.25, -0.2) is 9.37 Å². The van der Waals surface area contributed by atoms with Crippen LogP contribution in [0.3, 0.4) is 0 Å². The van der Waals surface area contributed by atoms with Gasteiger partial charge in [-0.1, -0.05) is 24.6 Å². The van der Waals surface area contributed by atoms with E-state index in [9.17, 15) is 4.39 Å². The van der Waals surface area contributed by atoms with Gasteiger partial charge in [0, 0.05) is 19.3 Å². The summed E-state index contributed by atoms with van der Waals surface area (Å²) >= 11 is 0. The Labute approximate surface area is 118 Å². The molecule has 20 heavy (non-hydrogen) atoms. The van der Waals surface area contributed by atoms with E-state index in [0.717, 1.165) is 24.2 Å². The van der Waals surface area contributed by atoms with E-state index in [2.05, 4.69) is 22.2 Å². The number of nitrogens with one attached hydrogen (secondary N) is 1. The summed E-state index contributed by atoms with van der Waals surface area (Å²) in [6.45, 7) is 4.83. The van der Waals surface area contributed by atoms with Crippen LogP contribution < -0.4 is 10.2 Å². The van der Waals surface area contributed by atoms with E-state index in [1.165, 1.54) is 6.20 Å². The van der Waals surface area contributed by atoms with E-state index in [-0.39, 0.29) is 5.82 Å². The second-order valence-electron chi connectivity index (χ2n) is 4.69. The Balaban J connectivity index is 2.28. The molecule has 1 N–H and O–H groups in total. The molecule has 1 aromatic carbocycles. The smallest absolute Gasteiger partial charge is 0.224 e. The van der Waals surface area contributed by atoms with Crippen LogP contribution in [-0.2, 0) is 0 Å². The van der Waals surface area contributed by atoms with Crippen LogP contribution in [-0.4, -0.2) is 23.6 Å². The van der Waals surface area contributed by atoms with Gasteiger partial charge in [-0.2, -0.15) is 4.98 Å². The molecule has 1 aromatic heterocycles. The molecular weight excluding hydrogens is 255 g/mol. The van der Waals surface area contributed by atoms with Gasteiger partial charge in [0.1, 0.15) is 0 Å². The first-order valence-corrected chi connectivity index (χ1v) is 6.68. The number of hydrogen-bond acceptors (Lipinski definition) is 4. The summed E-state index contributed by atoms with van der Waals surface area (Å²) in [5.41, 5.74) is 2.05. The fraction of sp³-hybridized carbons (Fsp3) is 0.333. The van der Waals surface area contributed by atoms with Crippen LogP contribution in [0.5, 0.6) is 0 Å². The van der Waals surface area contributed by atoms with Gasteiger partial charge in [0.05, 0.1) is 6.20 Å². The average molecular weight is 274 g/mol. The Morgan fingerprint density at radius 3 is 2.60 bits per heavy atom. The lowest BCUT2D eigenvalue weighted by Gasteiger charge is -2.19. The van der Waals surface area contributed by atoms with Gasteiger partial charge in [-0.15, -0.1) is 0 Å². The lowest BCUT2D eigenvalue weighted by molar-refractivity contribution is 0.614. The molecule has 0 aliphatic carbocycles. The fourth-order valence-electron chi connectivity index (χ4n) is 1.81. The van der Waals surface area contributed by atoms with Gasteiger partial charge < -0.3 is 10.2 Å². The molecule has 4 nitrogen and oxygen atoms in total. The average Bonchev–Trinajstić information content (AvgIpc) is 2.46. The third kappa shape index (κ3) is 3.23. The van der Waals surface area contributed by atoms with Crippen LogP contribution in [0.4, 0.5) is 21.8 Å². The van der Waals surface area contributed by atoms with Crippen molar-refractivity contribution in [2.75, 3.05) is 23.8 Å². The van der Waals surface area contributed by atoms with E-state index >= 15 is 0 Å². The summed E-state index contributed by atoms with van der Waals surface area (Å²) in [5.74, 6) is 0.278. The lowest BCUT2D eigenvalue weighted by Crippen LogP contribution is -2.15. The van der Waals surface area contributed by atoms with Crippen LogP contribution in [0.1, 0.15) is 18.9 Å². The first-order chi connectivity index (χ1) is 9.61. The van der Waals surface area contributed by atoms with E-state index in [1.54, 1.807) is 11.9 Å². The Morgan fingerprint density at radius 1 is 1.25 bits per heavy atom. The maximum atomic E-state index is 13.9. The Bertz CT molecular complexity index is 569. The van der Waals surface area contributed by atoms with Crippen molar-refractivity contribution in [2.45, 2.75) is 20.3 Å². The van der Waals surface area contributed by atoms with Crippen molar-refractivity contribution in [3.63, 3.8) is 0 Å². The molecule has 0 bridgehead atoms. The maximum Gasteiger partial charge on any atom is 0.224 e. The topological polar surface area (TPSA) is 41.1 Å². The third-order valence-electron chi connectivity index (χ3n) is 3.00. The molecule has 0 fully saturated rings. The van der Waals surface area contributed by atoms with Crippen LogP contribution in [0.15, 0.2) is 30.5 Å². The van der Waals surface area contributed by atoms with E-state index in [4.69, 9.17) is 0 Å². The molecule has 2 aromatic rings. The Morgan fingerprint density at radius 2 is 1.95 bits per heavy atom. The zero-order valence-electron chi connectivity index (χ0n) is 12.0. The number of nitrogens with zero attached hydrogens (tertiary/aromatic N) is 3. The number of benzene rings is 1. The number of aromatic nitrogens is 2. The summed E-state index contributed by atoms with van der Waals surface area (Å²) in [4.78, 5) is 9.90. The predicted molar refractivity (Wildman–Crippen MR) is 80.0 cm³/mol. The monoisotopic (exact) mass is 274 g/mol. The zero-order valence-corrected chi connectivity index (χ0v) is 12.0. The molecule has 0 radical (unpaired) electrons. The van der Waals surface area contributed by atoms with Gasteiger partial charge in [-0.3, -0.25) is 0 Å². The number of hydrogen-bond donors (Lipinski definition) is 1. The minimum Gasteiger partial charge on any atom is -0.354 e. The molecule has 0 unspecified atom stereocenters. The molecule has 0 aliphatic rings. The highest BCUT2D eigenvalue weighted by atomic mass is 19.1. The maximum absolute atomic E-state index is 13.9. The predicted octanol–water partition coefficient (Wildman–Crippen LogP) is 3.51. The summed E-state index contributed by atoms with van der Waals surface area (Å²) in [7, 11) is 1.79. The molecule has 0 atom stereocenters. The lowest BCUT2D eigenvalue weighted by atomic mass is 10.2. The van der Waals surface area contributed by atoms with Crippen molar-refractivity contribution in [3.05, 3.63) is 41.8 Å². The summed E-state index contributed by atoms with van der Waals surface area (Å²) in [5, 5.41) is 3.06. The van der Waals surface area contributed by atoms with Crippen LogP contribution in [0.2, 0.25) is 0 Å². The first-order valence-electron chi connectivity index (χ1n) is 6.68. The molecular formula is C15H19FN4. The Hall–Kier alpha value is -2.17. The van der Waals surface area contributed by atoms with Crippen molar-refractivity contribution in [2.24, 2.45) is 0 Å². The van der Waals surface area contributed by atoms with E-state index in [1.807, 2.05) is 31.2 Å². The van der Waals surface area contributed by atoms with Crippen molar-refractivity contribution >= 4 is 17.5 Å². The quantitative estimate of drug-likeness (QED) is 0.905. The molecule has 0 aliphatic heterocycles. The third-order valence-corrected chi connectivity index (χ3v) is 3.00. The standard InChI is InChI=1S/C15H19FN4/c1-4-9-17-15-18-10-13(16)14(19-15)20(3)12-7-5-11(2)6-8-12/h5-8,10H,4,9H2,1-3H3,(H,17,18,19). The number of halogens is 1. The van der Waals surface area contributed by atoms with Crippen LogP contribution in [0.25, 0.3) is 0 Å². The molecule has 2 rings (SSSR count). The summed E-state index contributed by atoms with van der Waals surface area (Å²) < 4.78 is 13.9. The second kappa shape index (κ2) is 6.32. The SMILES string of the molecule is CCCNc1ncc(F)c(N(C)c2ccc(C)cc2)n1. The van der Waals surface area contributed by atoms with Crippen LogP contribution in [0, 0.1) is 12.7 Å². The van der Waals surface area contributed by atoms with Gasteiger partial charge in [0.25, 0.3) is 0 Å². The van der Waals surface area contributed by atoms with Gasteiger partial charge >= 0.3 is 0 Å². The molecule has 0 spiro atoms. The van der Waals surface area contributed by atoms with Crippen LogP contribution >= 0.6 is 0 Å². The van der Waals surface area contributed by atoms with Gasteiger partial charge in [0.15, 0.2) is 11.6 Å². The van der Waals surface area contributed by atoms with Gasteiger partial charge in [-0.05, 0) is 25.5 Å². The van der Waals surface area contributed by atoms with Crippen molar-refractivity contribution in [3.8, 4) is 0 Å². The second-order valence-corrected chi connectivity index (χ2v) is 4.69. The fourth-order valence-corrected chi connectivity index (χ4v) is 1.81. The molecule has 0 saturated heterocycles. The molecule has 0 amide bonds. The minimum atomic E-state index is -0.435. The normalized spacial score (nSPS) is 10.4. The Kier molecular flexibility index (Phi) is 4.50. The van der Waals surface area contributed by atoms with Crippen molar-refractivity contribution < 1.29 is 4.39 Å². The number of anilines is 3. The van der Waals surface area contributed by atoms with Crippen molar-refractivity contribution in [1.82, 2.24) is 9.97 Å². The number of rotatable bonds is 5. The highest BCUT2D eigenvalue weighted by Crippen LogP contribution is 2.24. The van der Waals surface area contributed by atoms with Crippen molar-refractivity contribution in [1.29, 1.82) is 0 Å².